The van der Waals surface area contributed by atoms with Crippen LogP contribution in [0, 0.1) is 0 Å². The maximum absolute atomic E-state index is 10.4. The molecule has 0 saturated heterocycles. The molecule has 1 aromatic heterocycles. The number of hydrogen-bond acceptors (Lipinski definition) is 4. The first-order valence-electron chi connectivity index (χ1n) is 3.46. The van der Waals surface area contributed by atoms with E-state index >= 15 is 0 Å². The molecule has 0 aliphatic carbocycles. The number of nitrogens with zero attached hydrogens (tertiary/aromatic N) is 2. The number of anilines is 1. The minimum Gasteiger partial charge on any atom is -0.480 e. The molecule has 0 aliphatic rings. The van der Waals surface area contributed by atoms with E-state index in [1.54, 1.807) is 13.0 Å². The van der Waals surface area contributed by atoms with Crippen molar-refractivity contribution in [1.82, 2.24) is 10.2 Å². The second-order valence-corrected chi connectivity index (χ2v) is 2.34. The standard InChI is InChI=1S/C7H9N3O2.ClH/c1-5(7(11)12)10-6-2-3-8-9-4-6;/h2-5H,1H3,(H,8,10)(H,11,12);1H/t5-;/m0./s1. The molecule has 0 fully saturated rings. The molecule has 0 radical (unpaired) electrons. The van der Waals surface area contributed by atoms with Crippen LogP contribution in [0.1, 0.15) is 6.92 Å². The first-order chi connectivity index (χ1) is 5.70. The van der Waals surface area contributed by atoms with E-state index in [0.29, 0.717) is 5.69 Å². The molecule has 0 bridgehead atoms. The highest BCUT2D eigenvalue weighted by Crippen LogP contribution is 2.03. The van der Waals surface area contributed by atoms with Crippen LogP contribution in [0.15, 0.2) is 18.5 Å². The van der Waals surface area contributed by atoms with Gasteiger partial charge in [0.15, 0.2) is 0 Å². The quantitative estimate of drug-likeness (QED) is 0.760. The summed E-state index contributed by atoms with van der Waals surface area (Å²) in [6, 6.07) is 1.04. The highest BCUT2D eigenvalue weighted by atomic mass is 35.5. The van der Waals surface area contributed by atoms with E-state index in [4.69, 9.17) is 5.11 Å². The summed E-state index contributed by atoms with van der Waals surface area (Å²) in [6.07, 6.45) is 2.97. The van der Waals surface area contributed by atoms with Gasteiger partial charge in [0.2, 0.25) is 0 Å². The number of carboxylic acid groups (broad SMARTS) is 1. The fourth-order valence-corrected chi connectivity index (χ4v) is 0.688. The molecule has 1 heterocycles. The SMILES string of the molecule is C[C@H](Nc1ccnnc1)C(=O)O.Cl. The molecule has 0 amide bonds. The van der Waals surface area contributed by atoms with Crippen molar-refractivity contribution in [2.75, 3.05) is 5.32 Å². The lowest BCUT2D eigenvalue weighted by molar-refractivity contribution is -0.137. The maximum Gasteiger partial charge on any atom is 0.325 e. The Labute approximate surface area is 81.6 Å². The lowest BCUT2D eigenvalue weighted by Crippen LogP contribution is -2.25. The minimum atomic E-state index is -0.896. The second-order valence-electron chi connectivity index (χ2n) is 2.34. The molecule has 5 nitrogen and oxygen atoms in total. The zero-order valence-corrected chi connectivity index (χ0v) is 7.78. The molecular formula is C7H10ClN3O2. The Morgan fingerprint density at radius 1 is 1.62 bits per heavy atom. The van der Waals surface area contributed by atoms with Crippen LogP contribution >= 0.6 is 12.4 Å². The molecule has 0 unspecified atom stereocenters. The number of carbonyl (C=O) groups is 1. The summed E-state index contributed by atoms with van der Waals surface area (Å²) in [5.74, 6) is -0.896. The fourth-order valence-electron chi connectivity index (χ4n) is 0.688. The van der Waals surface area contributed by atoms with Crippen LogP contribution in [0.5, 0.6) is 0 Å². The summed E-state index contributed by atoms with van der Waals surface area (Å²) in [7, 11) is 0. The van der Waals surface area contributed by atoms with Gasteiger partial charge in [-0.1, -0.05) is 0 Å². The summed E-state index contributed by atoms with van der Waals surface area (Å²) in [6.45, 7) is 1.56. The lowest BCUT2D eigenvalue weighted by Gasteiger charge is -2.08. The summed E-state index contributed by atoms with van der Waals surface area (Å²) in [4.78, 5) is 10.4. The average Bonchev–Trinajstić information content (AvgIpc) is 2.06. The van der Waals surface area contributed by atoms with Crippen molar-refractivity contribution >= 4 is 24.1 Å². The van der Waals surface area contributed by atoms with Crippen LogP contribution in [0.25, 0.3) is 0 Å². The third-order valence-corrected chi connectivity index (χ3v) is 1.34. The maximum atomic E-state index is 10.4. The number of aromatic nitrogens is 2. The number of rotatable bonds is 3. The van der Waals surface area contributed by atoms with Gasteiger partial charge in [-0.3, -0.25) is 4.79 Å². The van der Waals surface area contributed by atoms with Crippen molar-refractivity contribution < 1.29 is 9.90 Å². The highest BCUT2D eigenvalue weighted by Gasteiger charge is 2.09. The van der Waals surface area contributed by atoms with E-state index in [1.807, 2.05) is 0 Å². The van der Waals surface area contributed by atoms with E-state index in [-0.39, 0.29) is 12.4 Å². The van der Waals surface area contributed by atoms with Crippen molar-refractivity contribution in [2.24, 2.45) is 0 Å². The summed E-state index contributed by atoms with van der Waals surface area (Å²) in [5.41, 5.74) is 0.653. The average molecular weight is 204 g/mol. The first-order valence-corrected chi connectivity index (χ1v) is 3.46. The molecule has 13 heavy (non-hydrogen) atoms. The smallest absolute Gasteiger partial charge is 0.325 e. The van der Waals surface area contributed by atoms with Crippen LogP contribution < -0.4 is 5.32 Å². The predicted octanol–water partition coefficient (Wildman–Crippen LogP) is 0.783. The van der Waals surface area contributed by atoms with E-state index < -0.39 is 12.0 Å². The summed E-state index contributed by atoms with van der Waals surface area (Å²) < 4.78 is 0. The van der Waals surface area contributed by atoms with Crippen LogP contribution in [-0.4, -0.2) is 27.3 Å². The van der Waals surface area contributed by atoms with Crippen molar-refractivity contribution in [3.05, 3.63) is 18.5 Å². The number of aliphatic carboxylic acids is 1. The molecule has 0 aromatic carbocycles. The van der Waals surface area contributed by atoms with Crippen LogP contribution in [-0.2, 0) is 4.79 Å². The monoisotopic (exact) mass is 203 g/mol. The highest BCUT2D eigenvalue weighted by molar-refractivity contribution is 5.85. The van der Waals surface area contributed by atoms with Gasteiger partial charge in [-0.05, 0) is 13.0 Å². The van der Waals surface area contributed by atoms with E-state index in [0.717, 1.165) is 0 Å². The third-order valence-electron chi connectivity index (χ3n) is 1.34. The minimum absolute atomic E-state index is 0. The molecule has 72 valence electrons. The van der Waals surface area contributed by atoms with E-state index in [1.165, 1.54) is 12.4 Å². The Bertz CT molecular complexity index is 268. The molecule has 0 aliphatic heterocycles. The predicted molar refractivity (Wildman–Crippen MR) is 50.0 cm³/mol. The summed E-state index contributed by atoms with van der Waals surface area (Å²) >= 11 is 0. The molecule has 6 heteroatoms. The van der Waals surface area contributed by atoms with Gasteiger partial charge >= 0.3 is 5.97 Å². The number of halogens is 1. The zero-order chi connectivity index (χ0) is 8.97. The number of hydrogen-bond donors (Lipinski definition) is 2. The molecular weight excluding hydrogens is 194 g/mol. The van der Waals surface area contributed by atoms with Crippen molar-refractivity contribution in [1.29, 1.82) is 0 Å². The van der Waals surface area contributed by atoms with Gasteiger partial charge in [0.25, 0.3) is 0 Å². The topological polar surface area (TPSA) is 75.1 Å². The molecule has 2 N–H and O–H groups in total. The van der Waals surface area contributed by atoms with E-state index in [2.05, 4.69) is 15.5 Å². The van der Waals surface area contributed by atoms with Gasteiger partial charge in [0, 0.05) is 0 Å². The zero-order valence-electron chi connectivity index (χ0n) is 6.97. The Balaban J connectivity index is 0.00000144. The van der Waals surface area contributed by atoms with Gasteiger partial charge in [0.1, 0.15) is 6.04 Å². The molecule has 0 saturated carbocycles. The second kappa shape index (κ2) is 5.31. The molecule has 1 rings (SSSR count). The van der Waals surface area contributed by atoms with Crippen molar-refractivity contribution in [3.63, 3.8) is 0 Å². The van der Waals surface area contributed by atoms with Gasteiger partial charge in [0.05, 0.1) is 18.1 Å². The van der Waals surface area contributed by atoms with Gasteiger partial charge < -0.3 is 10.4 Å². The molecule has 1 atom stereocenters. The van der Waals surface area contributed by atoms with Crippen LogP contribution in [0.4, 0.5) is 5.69 Å². The third kappa shape index (κ3) is 3.71. The molecule has 0 spiro atoms. The first kappa shape index (κ1) is 11.6. The normalized spacial score (nSPS) is 11.2. The number of nitrogens with one attached hydrogen (secondary N) is 1. The lowest BCUT2D eigenvalue weighted by atomic mass is 10.3. The van der Waals surface area contributed by atoms with Gasteiger partial charge in [-0.15, -0.1) is 12.4 Å². The molecule has 1 aromatic rings. The van der Waals surface area contributed by atoms with Gasteiger partial charge in [-0.2, -0.15) is 10.2 Å². The summed E-state index contributed by atoms with van der Waals surface area (Å²) in [5, 5.41) is 18.4. The van der Waals surface area contributed by atoms with Crippen LogP contribution in [0.2, 0.25) is 0 Å². The van der Waals surface area contributed by atoms with Crippen molar-refractivity contribution in [2.45, 2.75) is 13.0 Å². The van der Waals surface area contributed by atoms with Gasteiger partial charge in [-0.25, -0.2) is 0 Å². The largest absolute Gasteiger partial charge is 0.480 e. The Kier molecular flexibility index (Phi) is 4.76. The van der Waals surface area contributed by atoms with Crippen LogP contribution in [0.3, 0.4) is 0 Å². The number of carboxylic acids is 1. The van der Waals surface area contributed by atoms with E-state index in [9.17, 15) is 4.79 Å². The Morgan fingerprint density at radius 3 is 2.77 bits per heavy atom. The Hall–Kier alpha value is -1.36. The van der Waals surface area contributed by atoms with Crippen molar-refractivity contribution in [3.8, 4) is 0 Å². The Morgan fingerprint density at radius 2 is 2.31 bits per heavy atom. The fraction of sp³-hybridized carbons (Fsp3) is 0.286.